The van der Waals surface area contributed by atoms with Gasteiger partial charge < -0.3 is 10.6 Å². The van der Waals surface area contributed by atoms with Crippen molar-refractivity contribution in [2.45, 2.75) is 27.3 Å². The van der Waals surface area contributed by atoms with Gasteiger partial charge in [-0.2, -0.15) is 5.10 Å². The van der Waals surface area contributed by atoms with E-state index in [0.29, 0.717) is 17.8 Å². The summed E-state index contributed by atoms with van der Waals surface area (Å²) in [4.78, 5) is 25.7. The van der Waals surface area contributed by atoms with Crippen molar-refractivity contribution in [3.8, 4) is 11.3 Å². The second-order valence-corrected chi connectivity index (χ2v) is 8.45. The van der Waals surface area contributed by atoms with Gasteiger partial charge in [0.1, 0.15) is 5.69 Å². The summed E-state index contributed by atoms with van der Waals surface area (Å²) >= 11 is 0. The van der Waals surface area contributed by atoms with E-state index in [4.69, 9.17) is 0 Å². The summed E-state index contributed by atoms with van der Waals surface area (Å²) in [5, 5.41) is 10.4. The van der Waals surface area contributed by atoms with Crippen molar-refractivity contribution >= 4 is 17.5 Å². The molecule has 4 aromatic rings. The number of carbonyl (C=O) groups is 2. The summed E-state index contributed by atoms with van der Waals surface area (Å²) in [5.74, 6) is -0.619. The minimum atomic E-state index is -0.342. The molecular weight excluding hydrogens is 424 g/mol. The first-order chi connectivity index (χ1) is 16.4. The molecule has 0 aliphatic rings. The molecule has 0 fully saturated rings. The van der Waals surface area contributed by atoms with Crippen molar-refractivity contribution in [1.29, 1.82) is 0 Å². The summed E-state index contributed by atoms with van der Waals surface area (Å²) in [5.41, 5.74) is 6.84. The van der Waals surface area contributed by atoms with Crippen molar-refractivity contribution < 1.29 is 9.59 Å². The zero-order chi connectivity index (χ0) is 24.1. The maximum absolute atomic E-state index is 13.1. The van der Waals surface area contributed by atoms with Crippen molar-refractivity contribution in [3.05, 3.63) is 107 Å². The van der Waals surface area contributed by atoms with Crippen LogP contribution in [-0.2, 0) is 11.3 Å². The summed E-state index contributed by atoms with van der Waals surface area (Å²) in [6, 6.07) is 23.6. The zero-order valence-electron chi connectivity index (χ0n) is 19.6. The second kappa shape index (κ2) is 10.2. The molecule has 0 atom stereocenters. The monoisotopic (exact) mass is 452 g/mol. The van der Waals surface area contributed by atoms with Gasteiger partial charge in [-0.1, -0.05) is 78.4 Å². The summed E-state index contributed by atoms with van der Waals surface area (Å²) in [6.07, 6.45) is 1.73. The predicted molar refractivity (Wildman–Crippen MR) is 135 cm³/mol. The van der Waals surface area contributed by atoms with E-state index in [2.05, 4.69) is 15.7 Å². The second-order valence-electron chi connectivity index (χ2n) is 8.45. The average Bonchev–Trinajstić information content (AvgIpc) is 3.25. The van der Waals surface area contributed by atoms with E-state index >= 15 is 0 Å². The molecular formula is C28H28N4O2. The Bertz CT molecular complexity index is 1290. The third-order valence-electron chi connectivity index (χ3n) is 5.59. The number of nitrogens with one attached hydrogen (secondary N) is 2. The average molecular weight is 453 g/mol. The zero-order valence-corrected chi connectivity index (χ0v) is 19.6. The van der Waals surface area contributed by atoms with Crippen molar-refractivity contribution in [1.82, 2.24) is 15.1 Å². The number of hydrogen-bond acceptors (Lipinski definition) is 3. The fourth-order valence-electron chi connectivity index (χ4n) is 4.06. The Balaban J connectivity index is 1.51. The molecule has 0 saturated carbocycles. The van der Waals surface area contributed by atoms with Gasteiger partial charge in [-0.25, -0.2) is 0 Å². The number of aromatic nitrogens is 2. The molecule has 1 aromatic heterocycles. The van der Waals surface area contributed by atoms with E-state index in [1.165, 1.54) is 0 Å². The molecule has 0 unspecified atom stereocenters. The largest absolute Gasteiger partial charge is 0.343 e. The minimum absolute atomic E-state index is 0.135. The lowest BCUT2D eigenvalue weighted by atomic mass is 10.1. The number of nitrogens with zero attached hydrogens (tertiary/aromatic N) is 2. The third-order valence-corrected chi connectivity index (χ3v) is 5.59. The predicted octanol–water partition coefficient (Wildman–Crippen LogP) is 4.89. The number of benzene rings is 3. The van der Waals surface area contributed by atoms with Crippen LogP contribution in [-0.4, -0.2) is 28.1 Å². The molecule has 0 radical (unpaired) electrons. The van der Waals surface area contributed by atoms with Gasteiger partial charge in [0.25, 0.3) is 5.91 Å². The highest BCUT2D eigenvalue weighted by Crippen LogP contribution is 2.23. The van der Waals surface area contributed by atoms with Gasteiger partial charge in [-0.3, -0.25) is 14.3 Å². The van der Waals surface area contributed by atoms with E-state index in [-0.39, 0.29) is 18.4 Å². The summed E-state index contributed by atoms with van der Waals surface area (Å²) < 4.78 is 1.76. The first-order valence-corrected chi connectivity index (χ1v) is 11.2. The molecule has 4 rings (SSSR count). The first-order valence-electron chi connectivity index (χ1n) is 11.2. The molecule has 1 heterocycles. The van der Waals surface area contributed by atoms with Gasteiger partial charge in [-0.05, 0) is 37.5 Å². The van der Waals surface area contributed by atoms with Crippen LogP contribution in [0.15, 0.2) is 79.0 Å². The lowest BCUT2D eigenvalue weighted by molar-refractivity contribution is -0.115. The van der Waals surface area contributed by atoms with E-state index in [1.54, 1.807) is 10.9 Å². The Morgan fingerprint density at radius 2 is 1.50 bits per heavy atom. The van der Waals surface area contributed by atoms with Crippen molar-refractivity contribution in [3.63, 3.8) is 0 Å². The molecule has 3 aromatic carbocycles. The van der Waals surface area contributed by atoms with Crippen molar-refractivity contribution in [2.75, 3.05) is 11.9 Å². The molecule has 0 saturated heterocycles. The summed E-state index contributed by atoms with van der Waals surface area (Å²) in [6.45, 7) is 6.35. The maximum Gasteiger partial charge on any atom is 0.255 e. The quantitative estimate of drug-likeness (QED) is 0.419. The molecule has 172 valence electrons. The van der Waals surface area contributed by atoms with Crippen LogP contribution >= 0.6 is 0 Å². The number of rotatable bonds is 7. The van der Waals surface area contributed by atoms with Gasteiger partial charge >= 0.3 is 0 Å². The van der Waals surface area contributed by atoms with Gasteiger partial charge in [-0.15, -0.1) is 0 Å². The minimum Gasteiger partial charge on any atom is -0.343 e. The molecule has 6 nitrogen and oxygen atoms in total. The van der Waals surface area contributed by atoms with Crippen LogP contribution in [0.5, 0.6) is 0 Å². The first kappa shape index (κ1) is 23.0. The molecule has 6 heteroatoms. The number of hydrogen-bond donors (Lipinski definition) is 2. The lowest BCUT2D eigenvalue weighted by Crippen LogP contribution is -2.33. The van der Waals surface area contributed by atoms with Crippen LogP contribution in [0.1, 0.15) is 32.6 Å². The van der Waals surface area contributed by atoms with Crippen LogP contribution < -0.4 is 10.6 Å². The Labute approximate surface area is 199 Å². The fraction of sp³-hybridized carbons (Fsp3) is 0.179. The Kier molecular flexibility index (Phi) is 6.87. The molecule has 2 amide bonds. The van der Waals surface area contributed by atoms with Crippen LogP contribution in [0, 0.1) is 20.8 Å². The number of aryl methyl sites for hydroxylation is 3. The van der Waals surface area contributed by atoms with Gasteiger partial charge in [0.05, 0.1) is 18.7 Å². The van der Waals surface area contributed by atoms with Crippen LogP contribution in [0.3, 0.4) is 0 Å². The standard InChI is InChI=1S/C28H28N4O2/c1-19-14-20(2)26(21(3)15-19)30-25(33)16-29-28(34)24-18-32(17-22-10-6-4-7-11-22)31-27(24)23-12-8-5-9-13-23/h4-15,18H,16-17H2,1-3H3,(H,29,34)(H,30,33). The Hall–Kier alpha value is -4.19. The topological polar surface area (TPSA) is 76.0 Å². The molecule has 0 aliphatic heterocycles. The third kappa shape index (κ3) is 5.41. The SMILES string of the molecule is Cc1cc(C)c(NC(=O)CNC(=O)c2cn(Cc3ccccc3)nc2-c2ccccc2)c(C)c1. The molecule has 0 bridgehead atoms. The fourth-order valence-corrected chi connectivity index (χ4v) is 4.06. The van der Waals surface area contributed by atoms with E-state index in [9.17, 15) is 9.59 Å². The lowest BCUT2D eigenvalue weighted by Gasteiger charge is -2.13. The van der Waals surface area contributed by atoms with Gasteiger partial charge in [0.15, 0.2) is 0 Å². The smallest absolute Gasteiger partial charge is 0.255 e. The van der Waals surface area contributed by atoms with Crippen LogP contribution in [0.4, 0.5) is 5.69 Å². The highest BCUT2D eigenvalue weighted by atomic mass is 16.2. The number of anilines is 1. The number of carbonyl (C=O) groups excluding carboxylic acids is 2. The number of amides is 2. The van der Waals surface area contributed by atoms with Gasteiger partial charge in [0.2, 0.25) is 5.91 Å². The molecule has 0 aliphatic carbocycles. The van der Waals surface area contributed by atoms with Crippen LogP contribution in [0.25, 0.3) is 11.3 Å². The van der Waals surface area contributed by atoms with E-state index in [1.807, 2.05) is 93.6 Å². The Morgan fingerprint density at radius 1 is 0.882 bits per heavy atom. The highest BCUT2D eigenvalue weighted by molar-refractivity contribution is 6.03. The summed E-state index contributed by atoms with van der Waals surface area (Å²) in [7, 11) is 0. The van der Waals surface area contributed by atoms with Crippen molar-refractivity contribution in [2.24, 2.45) is 0 Å². The normalized spacial score (nSPS) is 10.7. The maximum atomic E-state index is 13.1. The van der Waals surface area contributed by atoms with Gasteiger partial charge in [0, 0.05) is 17.4 Å². The molecule has 0 spiro atoms. The van der Waals surface area contributed by atoms with E-state index < -0.39 is 0 Å². The molecule has 34 heavy (non-hydrogen) atoms. The van der Waals surface area contributed by atoms with Crippen LogP contribution in [0.2, 0.25) is 0 Å². The molecule has 2 N–H and O–H groups in total. The Morgan fingerprint density at radius 3 is 2.15 bits per heavy atom. The highest BCUT2D eigenvalue weighted by Gasteiger charge is 2.19. The van der Waals surface area contributed by atoms with E-state index in [0.717, 1.165) is 33.5 Å².